The van der Waals surface area contributed by atoms with Crippen molar-refractivity contribution in [3.05, 3.63) is 199 Å². The van der Waals surface area contributed by atoms with Crippen molar-refractivity contribution in [3.63, 3.8) is 0 Å². The van der Waals surface area contributed by atoms with Crippen LogP contribution in [0.3, 0.4) is 0 Å². The van der Waals surface area contributed by atoms with Gasteiger partial charge in [0.25, 0.3) is 0 Å². The minimum Gasteiger partial charge on any atom is -0.367 e. The zero-order valence-electron chi connectivity index (χ0n) is 30.3. The first kappa shape index (κ1) is 43.6. The smallest absolute Gasteiger partial charge is 0.367 e. The van der Waals surface area contributed by atoms with Crippen molar-refractivity contribution in [2.75, 3.05) is 5.32 Å². The molecule has 0 aliphatic heterocycles. The van der Waals surface area contributed by atoms with Crippen LogP contribution in [0.15, 0.2) is 182 Å². The second-order valence-electron chi connectivity index (χ2n) is 12.6. The topological polar surface area (TPSA) is 24.1 Å². The maximum absolute atomic E-state index is 13.2. The molecule has 0 fully saturated rings. The molecule has 0 saturated carbocycles. The fourth-order valence-corrected chi connectivity index (χ4v) is 11.3. The molecule has 12 heteroatoms. The summed E-state index contributed by atoms with van der Waals surface area (Å²) in [6.07, 6.45) is -9.90. The molecule has 7 aromatic carbocycles. The van der Waals surface area contributed by atoms with Gasteiger partial charge >= 0.3 is 29.4 Å². The van der Waals surface area contributed by atoms with Crippen molar-refractivity contribution in [2.45, 2.75) is 25.3 Å². The third-order valence-corrected chi connectivity index (χ3v) is 13.9. The van der Waals surface area contributed by atoms with E-state index in [4.69, 9.17) is 12.2 Å². The van der Waals surface area contributed by atoms with E-state index >= 15 is 0 Å². The monoisotopic (exact) mass is 868 g/mol. The van der Waals surface area contributed by atoms with Crippen LogP contribution in [-0.2, 0) is 29.4 Å². The SMILES string of the molecule is C[C@H](NC(=S)Nc1cc(C(F)(F)F)cc(C(F)(F)F)c1)[c-]1cccc1P(c1ccccc1)c1ccccc1.[Fe+2].c1ccc(P(c2ccccc2)c2cc[cH-]c2)cc1. The third-order valence-electron chi connectivity index (χ3n) is 8.69. The van der Waals surface area contributed by atoms with Crippen molar-refractivity contribution >= 4 is 70.7 Å². The Bertz CT molecular complexity index is 2170. The van der Waals surface area contributed by atoms with Crippen LogP contribution < -0.4 is 42.5 Å². The second kappa shape index (κ2) is 19.7. The molecular formula is C45H36F6FeN2P2S. The number of nitrogens with one attached hydrogen (secondary N) is 2. The molecule has 2 nitrogen and oxygen atoms in total. The van der Waals surface area contributed by atoms with Crippen molar-refractivity contribution in [1.29, 1.82) is 0 Å². The summed E-state index contributed by atoms with van der Waals surface area (Å²) < 4.78 is 79.4. The van der Waals surface area contributed by atoms with E-state index in [1.54, 1.807) is 0 Å². The van der Waals surface area contributed by atoms with Gasteiger partial charge in [0.2, 0.25) is 0 Å². The van der Waals surface area contributed by atoms with E-state index in [-0.39, 0.29) is 34.3 Å². The summed E-state index contributed by atoms with van der Waals surface area (Å²) >= 11 is 5.28. The van der Waals surface area contributed by atoms with Crippen molar-refractivity contribution in [2.24, 2.45) is 0 Å². The first-order chi connectivity index (χ1) is 26.9. The molecule has 0 heterocycles. The first-order valence-electron chi connectivity index (χ1n) is 17.5. The maximum Gasteiger partial charge on any atom is 2.00 e. The Balaban J connectivity index is 0.000000272. The molecule has 0 saturated heterocycles. The molecule has 0 aliphatic carbocycles. The van der Waals surface area contributed by atoms with Crippen LogP contribution in [0.4, 0.5) is 32.0 Å². The molecular weight excluding hydrogens is 832 g/mol. The van der Waals surface area contributed by atoms with Crippen LogP contribution in [0, 0.1) is 0 Å². The number of rotatable bonds is 9. The normalized spacial score (nSPS) is 11.9. The van der Waals surface area contributed by atoms with Crippen LogP contribution in [0.5, 0.6) is 0 Å². The molecule has 2 N–H and O–H groups in total. The Morgan fingerprint density at radius 1 is 0.596 bits per heavy atom. The summed E-state index contributed by atoms with van der Waals surface area (Å²) in [5.41, 5.74) is -2.32. The summed E-state index contributed by atoms with van der Waals surface area (Å²) in [6, 6.07) is 57.1. The van der Waals surface area contributed by atoms with Gasteiger partial charge in [0, 0.05) is 11.7 Å². The zero-order valence-corrected chi connectivity index (χ0v) is 34.0. The van der Waals surface area contributed by atoms with Gasteiger partial charge in [-0.05, 0) is 59.6 Å². The van der Waals surface area contributed by atoms with E-state index in [9.17, 15) is 26.3 Å². The second-order valence-corrected chi connectivity index (χ2v) is 17.5. The fraction of sp³-hybridized carbons (Fsp3) is 0.0889. The molecule has 57 heavy (non-hydrogen) atoms. The summed E-state index contributed by atoms with van der Waals surface area (Å²) in [5.74, 6) is 0. The van der Waals surface area contributed by atoms with Crippen molar-refractivity contribution in [1.82, 2.24) is 5.32 Å². The number of anilines is 1. The number of hydrogen-bond acceptors (Lipinski definition) is 1. The van der Waals surface area contributed by atoms with E-state index < -0.39 is 45.0 Å². The predicted molar refractivity (Wildman–Crippen MR) is 226 cm³/mol. The summed E-state index contributed by atoms with van der Waals surface area (Å²) in [6.45, 7) is 1.84. The van der Waals surface area contributed by atoms with Crippen LogP contribution in [0.2, 0.25) is 0 Å². The van der Waals surface area contributed by atoms with Crippen molar-refractivity contribution < 1.29 is 43.4 Å². The van der Waals surface area contributed by atoms with Gasteiger partial charge in [-0.25, -0.2) is 18.2 Å². The third kappa shape index (κ3) is 11.5. The molecule has 0 aromatic heterocycles. The largest absolute Gasteiger partial charge is 2.00 e. The Hall–Kier alpha value is -4.55. The van der Waals surface area contributed by atoms with Gasteiger partial charge in [0.05, 0.1) is 11.1 Å². The number of thiocarbonyl (C=S) groups is 1. The Morgan fingerprint density at radius 3 is 1.44 bits per heavy atom. The van der Waals surface area contributed by atoms with E-state index in [2.05, 4.69) is 120 Å². The first-order valence-corrected chi connectivity index (χ1v) is 20.6. The van der Waals surface area contributed by atoms with Gasteiger partial charge in [0.1, 0.15) is 0 Å². The average molecular weight is 869 g/mol. The van der Waals surface area contributed by atoms with Gasteiger partial charge in [-0.15, -0.1) is 10.9 Å². The quantitative estimate of drug-likeness (QED) is 0.0497. The van der Waals surface area contributed by atoms with Crippen LogP contribution >= 0.6 is 28.1 Å². The molecule has 0 radical (unpaired) electrons. The molecule has 292 valence electrons. The Morgan fingerprint density at radius 2 is 1.04 bits per heavy atom. The Labute approximate surface area is 347 Å². The average Bonchev–Trinajstić information content (AvgIpc) is 3.90. The fourth-order valence-electron chi connectivity index (χ4n) is 6.16. The minimum atomic E-state index is -4.95. The zero-order chi connectivity index (χ0) is 39.7. The van der Waals surface area contributed by atoms with E-state index in [1.807, 2.05) is 61.5 Å². The van der Waals surface area contributed by atoms with Gasteiger partial charge in [-0.1, -0.05) is 136 Å². The van der Waals surface area contributed by atoms with Gasteiger partial charge in [0.15, 0.2) is 5.11 Å². The summed E-state index contributed by atoms with van der Waals surface area (Å²) in [5, 5.41) is 13.0. The van der Waals surface area contributed by atoms with Gasteiger partial charge in [-0.3, -0.25) is 0 Å². The van der Waals surface area contributed by atoms with E-state index in [0.717, 1.165) is 21.5 Å². The van der Waals surface area contributed by atoms with E-state index in [1.165, 1.54) is 15.9 Å². The number of benzene rings is 5. The molecule has 0 amide bonds. The van der Waals surface area contributed by atoms with Crippen LogP contribution in [-0.4, -0.2) is 5.11 Å². The van der Waals surface area contributed by atoms with Gasteiger partial charge in [-0.2, -0.15) is 55.9 Å². The molecule has 1 atom stereocenters. The predicted octanol–water partition coefficient (Wildman–Crippen LogP) is 10.4. The molecule has 0 bridgehead atoms. The Kier molecular flexibility index (Phi) is 15.1. The molecule has 0 unspecified atom stereocenters. The number of halogens is 6. The van der Waals surface area contributed by atoms with E-state index in [0.29, 0.717) is 12.1 Å². The molecule has 0 spiro atoms. The van der Waals surface area contributed by atoms with Crippen LogP contribution in [0.25, 0.3) is 0 Å². The summed E-state index contributed by atoms with van der Waals surface area (Å²) in [7, 11) is -1.33. The minimum absolute atomic E-state index is 0. The molecule has 7 rings (SSSR count). The molecule has 0 aliphatic rings. The van der Waals surface area contributed by atoms with Crippen LogP contribution in [0.1, 0.15) is 29.7 Å². The molecule has 7 aromatic rings. The number of hydrogen-bond donors (Lipinski definition) is 2. The van der Waals surface area contributed by atoms with Crippen molar-refractivity contribution in [3.8, 4) is 0 Å². The maximum atomic E-state index is 13.2. The standard InChI is InChI=1S/C28H22F6N2PS.C17H14P.Fe/c1-18(35-26(38)36-21-16-19(27(29,30)31)15-20(17-21)28(32,33)34)24-13-8-14-25(24)37(22-9-4-2-5-10-22)23-11-6-3-7-12-23;1-3-9-15(10-4-1)18(17-13-7-8-14-17)16-11-5-2-6-12-16;/h2-18H,1H3,(H2,35,36,38);1-14H;/q2*-1;+2/t18-;;/m0../s1. The summed E-state index contributed by atoms with van der Waals surface area (Å²) in [4.78, 5) is 0. The number of alkyl halides is 6. The van der Waals surface area contributed by atoms with Gasteiger partial charge < -0.3 is 10.6 Å².